The second kappa shape index (κ2) is 4.10. The van der Waals surface area contributed by atoms with E-state index in [1.54, 1.807) is 4.57 Å². The van der Waals surface area contributed by atoms with Crippen molar-refractivity contribution in [1.29, 1.82) is 0 Å². The van der Waals surface area contributed by atoms with Crippen LogP contribution in [-0.4, -0.2) is 9.72 Å². The van der Waals surface area contributed by atoms with Crippen LogP contribution in [0.2, 0.25) is 0 Å². The van der Waals surface area contributed by atoms with Gasteiger partial charge >= 0.3 is 0 Å². The van der Waals surface area contributed by atoms with Gasteiger partial charge in [0.05, 0.1) is 16.9 Å². The molecule has 0 aromatic carbocycles. The molecular formula is C13H12N2O2S. The molecule has 92 valence electrons. The maximum absolute atomic E-state index is 12.3. The van der Waals surface area contributed by atoms with Crippen LogP contribution in [0.4, 0.5) is 0 Å². The number of nitrogens with zero attached hydrogens (tertiary/aromatic N) is 2. The fourth-order valence-electron chi connectivity index (χ4n) is 2.02. The lowest BCUT2D eigenvalue weighted by Gasteiger charge is -2.05. The second-order valence-electron chi connectivity index (χ2n) is 4.26. The van der Waals surface area contributed by atoms with Gasteiger partial charge in [-0.2, -0.15) is 0 Å². The molecule has 0 N–H and O–H groups in total. The first kappa shape index (κ1) is 11.2. The smallest absolute Gasteiger partial charge is 0.268 e. The summed E-state index contributed by atoms with van der Waals surface area (Å²) in [5.41, 5.74) is 1.86. The Hall–Kier alpha value is -1.88. The third-order valence-corrected chi connectivity index (χ3v) is 4.01. The minimum Gasteiger partial charge on any atom is -0.361 e. The van der Waals surface area contributed by atoms with Crippen molar-refractivity contribution < 1.29 is 4.52 Å². The number of hydrogen-bond donors (Lipinski definition) is 0. The summed E-state index contributed by atoms with van der Waals surface area (Å²) in [6, 6.07) is 3.92. The van der Waals surface area contributed by atoms with Gasteiger partial charge in [-0.05, 0) is 36.7 Å². The summed E-state index contributed by atoms with van der Waals surface area (Å²) in [6.07, 6.45) is 1.82. The number of pyridine rings is 1. The maximum atomic E-state index is 12.3. The van der Waals surface area contributed by atoms with Gasteiger partial charge in [0.15, 0.2) is 0 Å². The van der Waals surface area contributed by atoms with E-state index in [2.05, 4.69) is 5.16 Å². The third kappa shape index (κ3) is 1.67. The number of aromatic nitrogens is 2. The maximum Gasteiger partial charge on any atom is 0.268 e. The van der Waals surface area contributed by atoms with Gasteiger partial charge in [0.25, 0.3) is 5.56 Å². The molecule has 4 nitrogen and oxygen atoms in total. The molecule has 0 radical (unpaired) electrons. The Bertz CT molecular complexity index is 747. The Morgan fingerprint density at radius 3 is 2.94 bits per heavy atom. The molecule has 0 bridgehead atoms. The minimum absolute atomic E-state index is 0.0440. The average Bonchev–Trinajstić information content (AvgIpc) is 2.94. The quantitative estimate of drug-likeness (QED) is 0.711. The van der Waals surface area contributed by atoms with E-state index in [-0.39, 0.29) is 5.56 Å². The van der Waals surface area contributed by atoms with Crippen molar-refractivity contribution in [2.45, 2.75) is 20.4 Å². The zero-order valence-electron chi connectivity index (χ0n) is 10.1. The van der Waals surface area contributed by atoms with Crippen molar-refractivity contribution in [3.05, 3.63) is 51.1 Å². The zero-order chi connectivity index (χ0) is 12.7. The minimum atomic E-state index is 0.0440. The van der Waals surface area contributed by atoms with Gasteiger partial charge in [-0.3, -0.25) is 4.79 Å². The molecule has 0 aliphatic rings. The van der Waals surface area contributed by atoms with Gasteiger partial charge in [0, 0.05) is 11.8 Å². The molecule has 5 heteroatoms. The molecule has 3 heterocycles. The van der Waals surface area contributed by atoms with Crippen LogP contribution in [0, 0.1) is 13.8 Å². The van der Waals surface area contributed by atoms with Gasteiger partial charge in [-0.25, -0.2) is 0 Å². The summed E-state index contributed by atoms with van der Waals surface area (Å²) in [5, 5.41) is 6.84. The van der Waals surface area contributed by atoms with Crippen molar-refractivity contribution in [3.63, 3.8) is 0 Å². The van der Waals surface area contributed by atoms with Crippen LogP contribution in [0.3, 0.4) is 0 Å². The van der Waals surface area contributed by atoms with Crippen LogP contribution < -0.4 is 5.56 Å². The van der Waals surface area contributed by atoms with Crippen LogP contribution in [0.15, 0.2) is 33.0 Å². The number of rotatable bonds is 2. The number of hydrogen-bond acceptors (Lipinski definition) is 4. The van der Waals surface area contributed by atoms with Crippen molar-refractivity contribution in [2.24, 2.45) is 0 Å². The molecule has 3 aromatic rings. The van der Waals surface area contributed by atoms with Crippen LogP contribution in [0.5, 0.6) is 0 Å². The third-order valence-electron chi connectivity index (χ3n) is 3.09. The summed E-state index contributed by atoms with van der Waals surface area (Å²) in [7, 11) is 0. The first-order valence-electron chi connectivity index (χ1n) is 5.65. The van der Waals surface area contributed by atoms with E-state index >= 15 is 0 Å². The van der Waals surface area contributed by atoms with Gasteiger partial charge in [-0.1, -0.05) is 5.16 Å². The molecule has 0 fully saturated rings. The first-order chi connectivity index (χ1) is 8.66. The fraction of sp³-hybridized carbons (Fsp3) is 0.231. The van der Waals surface area contributed by atoms with Crippen molar-refractivity contribution >= 4 is 21.4 Å². The predicted molar refractivity (Wildman–Crippen MR) is 71.2 cm³/mol. The Morgan fingerprint density at radius 1 is 1.39 bits per heavy atom. The monoisotopic (exact) mass is 260 g/mol. The van der Waals surface area contributed by atoms with E-state index in [4.69, 9.17) is 4.52 Å². The standard InChI is InChI=1S/C13H12N2O2S/c1-8-11(9(2)17-14-8)7-15-5-3-10-4-6-18-12(10)13(15)16/h3-6H,7H2,1-2H3. The summed E-state index contributed by atoms with van der Waals surface area (Å²) >= 11 is 1.48. The molecule has 0 spiro atoms. The van der Waals surface area contributed by atoms with Gasteiger partial charge in [-0.15, -0.1) is 11.3 Å². The van der Waals surface area contributed by atoms with Crippen molar-refractivity contribution in [2.75, 3.05) is 0 Å². The molecule has 0 aliphatic carbocycles. The Morgan fingerprint density at radius 2 is 2.22 bits per heavy atom. The number of fused-ring (bicyclic) bond motifs is 1. The van der Waals surface area contributed by atoms with Gasteiger partial charge in [0.2, 0.25) is 0 Å². The van der Waals surface area contributed by atoms with E-state index in [0.717, 1.165) is 27.1 Å². The molecule has 18 heavy (non-hydrogen) atoms. The summed E-state index contributed by atoms with van der Waals surface area (Å²) < 4.78 is 7.61. The predicted octanol–water partition coefficient (Wildman–Crippen LogP) is 2.72. The highest BCUT2D eigenvalue weighted by Crippen LogP contribution is 2.17. The first-order valence-corrected chi connectivity index (χ1v) is 6.53. The van der Waals surface area contributed by atoms with Crippen molar-refractivity contribution in [3.8, 4) is 0 Å². The lowest BCUT2D eigenvalue weighted by Crippen LogP contribution is -2.19. The zero-order valence-corrected chi connectivity index (χ0v) is 11.0. The number of thiophene rings is 1. The van der Waals surface area contributed by atoms with Crippen LogP contribution >= 0.6 is 11.3 Å². The second-order valence-corrected chi connectivity index (χ2v) is 5.17. The molecule has 0 atom stereocenters. The van der Waals surface area contributed by atoms with E-state index in [1.165, 1.54) is 11.3 Å². The average molecular weight is 260 g/mol. The molecule has 0 unspecified atom stereocenters. The number of aryl methyl sites for hydroxylation is 2. The largest absolute Gasteiger partial charge is 0.361 e. The molecule has 3 aromatic heterocycles. The van der Waals surface area contributed by atoms with E-state index in [1.807, 2.05) is 37.6 Å². The van der Waals surface area contributed by atoms with Gasteiger partial charge in [0.1, 0.15) is 5.76 Å². The highest BCUT2D eigenvalue weighted by atomic mass is 32.1. The molecule has 0 aliphatic heterocycles. The van der Waals surface area contributed by atoms with E-state index in [9.17, 15) is 4.79 Å². The molecule has 0 saturated heterocycles. The summed E-state index contributed by atoms with van der Waals surface area (Å²) in [4.78, 5) is 12.3. The highest BCUT2D eigenvalue weighted by molar-refractivity contribution is 7.17. The normalized spacial score (nSPS) is 11.2. The van der Waals surface area contributed by atoms with Gasteiger partial charge < -0.3 is 9.09 Å². The van der Waals surface area contributed by atoms with E-state index in [0.29, 0.717) is 6.54 Å². The molecule has 3 rings (SSSR count). The highest BCUT2D eigenvalue weighted by Gasteiger charge is 2.11. The lowest BCUT2D eigenvalue weighted by atomic mass is 10.2. The fourth-order valence-corrected chi connectivity index (χ4v) is 2.86. The van der Waals surface area contributed by atoms with Crippen LogP contribution in [-0.2, 0) is 6.54 Å². The summed E-state index contributed by atoms with van der Waals surface area (Å²) in [5.74, 6) is 0.769. The summed E-state index contributed by atoms with van der Waals surface area (Å²) in [6.45, 7) is 4.26. The SMILES string of the molecule is Cc1noc(C)c1Cn1ccc2ccsc2c1=O. The Balaban J connectivity index is 2.10. The van der Waals surface area contributed by atoms with Crippen molar-refractivity contribution in [1.82, 2.24) is 9.72 Å². The van der Waals surface area contributed by atoms with Crippen LogP contribution in [0.1, 0.15) is 17.0 Å². The molecular weight excluding hydrogens is 248 g/mol. The van der Waals surface area contributed by atoms with E-state index < -0.39 is 0 Å². The molecule has 0 amide bonds. The van der Waals surface area contributed by atoms with Crippen LogP contribution in [0.25, 0.3) is 10.1 Å². The molecule has 0 saturated carbocycles. The Kier molecular flexibility index (Phi) is 2.56. The topological polar surface area (TPSA) is 48.0 Å². The Labute approximate surface area is 107 Å². The lowest BCUT2D eigenvalue weighted by molar-refractivity contribution is 0.392.